The lowest BCUT2D eigenvalue weighted by atomic mass is 9.96. The number of nitrogens with two attached hydrogens (primary N) is 1. The number of imidazole rings is 1. The van der Waals surface area contributed by atoms with Crippen molar-refractivity contribution in [2.45, 2.75) is 18.8 Å². The number of ether oxygens (including phenoxy) is 1. The maximum Gasteiger partial charge on any atom is 0.319 e. The number of aromatic nitrogens is 4. The second-order valence-electron chi connectivity index (χ2n) is 8.40. The number of anilines is 1. The minimum absolute atomic E-state index is 0.0533. The molecule has 3 aromatic heterocycles. The number of H-pyrrole nitrogens is 1. The lowest BCUT2D eigenvalue weighted by molar-refractivity contribution is 0.155. The van der Waals surface area contributed by atoms with Crippen LogP contribution in [0.5, 0.6) is 5.75 Å². The Hall–Kier alpha value is -3.75. The number of urea groups is 1. The van der Waals surface area contributed by atoms with Crippen molar-refractivity contribution < 1.29 is 9.53 Å². The first-order valence-electron chi connectivity index (χ1n) is 10.7. The van der Waals surface area contributed by atoms with Crippen LogP contribution in [0.3, 0.4) is 0 Å². The molecule has 9 heteroatoms. The normalized spacial score (nSPS) is 14.9. The summed E-state index contributed by atoms with van der Waals surface area (Å²) in [5.41, 5.74) is 9.67. The highest BCUT2D eigenvalue weighted by molar-refractivity contribution is 5.93. The summed E-state index contributed by atoms with van der Waals surface area (Å²) in [7, 11) is 5.23. The van der Waals surface area contributed by atoms with Gasteiger partial charge in [-0.25, -0.2) is 14.8 Å². The fraction of sp³-hybridized carbons (Fsp3) is 0.348. The third-order valence-corrected chi connectivity index (χ3v) is 6.22. The van der Waals surface area contributed by atoms with Crippen LogP contribution in [0.4, 0.5) is 10.6 Å². The molecule has 5 rings (SSSR count). The monoisotopic (exact) mass is 433 g/mol. The molecular formula is C23H27N7O2. The van der Waals surface area contributed by atoms with E-state index < -0.39 is 0 Å². The van der Waals surface area contributed by atoms with Gasteiger partial charge in [0.2, 0.25) is 0 Å². The van der Waals surface area contributed by atoms with Gasteiger partial charge in [-0.15, -0.1) is 0 Å². The molecule has 0 spiro atoms. The number of fused-ring (bicyclic) bond motifs is 2. The number of benzene rings is 1. The molecule has 2 amide bonds. The number of likely N-dealkylation sites (tertiary alicyclic amines) is 1. The number of aromatic amines is 1. The highest BCUT2D eigenvalue weighted by atomic mass is 16.5. The molecule has 166 valence electrons. The van der Waals surface area contributed by atoms with Gasteiger partial charge in [-0.3, -0.25) is 4.40 Å². The van der Waals surface area contributed by atoms with Crippen molar-refractivity contribution in [2.24, 2.45) is 0 Å². The van der Waals surface area contributed by atoms with E-state index in [9.17, 15) is 4.79 Å². The number of nitrogens with one attached hydrogen (secondary N) is 1. The highest BCUT2D eigenvalue weighted by Gasteiger charge is 2.29. The number of carbonyl (C=O) groups excluding carboxylic acids is 1. The predicted octanol–water partition coefficient (Wildman–Crippen LogP) is 3.33. The lowest BCUT2D eigenvalue weighted by Crippen LogP contribution is -2.43. The summed E-state index contributed by atoms with van der Waals surface area (Å²) in [6.07, 6.45) is 5.32. The molecule has 1 saturated heterocycles. The number of rotatable bonds is 3. The molecular weight excluding hydrogens is 406 g/mol. The molecule has 0 aliphatic carbocycles. The van der Waals surface area contributed by atoms with Gasteiger partial charge >= 0.3 is 6.03 Å². The Kier molecular flexibility index (Phi) is 4.88. The van der Waals surface area contributed by atoms with Crippen molar-refractivity contribution >= 4 is 28.3 Å². The van der Waals surface area contributed by atoms with Crippen LogP contribution in [0.1, 0.15) is 24.6 Å². The number of amides is 2. The third kappa shape index (κ3) is 3.21. The zero-order valence-corrected chi connectivity index (χ0v) is 18.5. The average Bonchev–Trinajstić information content (AvgIpc) is 3.41. The van der Waals surface area contributed by atoms with E-state index >= 15 is 0 Å². The van der Waals surface area contributed by atoms with Crippen LogP contribution in [0.15, 0.2) is 36.7 Å². The van der Waals surface area contributed by atoms with Crippen LogP contribution in [0.2, 0.25) is 0 Å². The summed E-state index contributed by atoms with van der Waals surface area (Å²) in [6.45, 7) is 1.41. The number of hydrogen-bond donors (Lipinski definition) is 2. The van der Waals surface area contributed by atoms with Crippen molar-refractivity contribution in [2.75, 3.05) is 40.0 Å². The molecule has 1 aliphatic rings. The van der Waals surface area contributed by atoms with Crippen molar-refractivity contribution in [3.05, 3.63) is 42.5 Å². The van der Waals surface area contributed by atoms with Gasteiger partial charge in [0.05, 0.1) is 18.3 Å². The van der Waals surface area contributed by atoms with Gasteiger partial charge in [0, 0.05) is 50.9 Å². The molecule has 0 radical (unpaired) electrons. The second kappa shape index (κ2) is 7.74. The van der Waals surface area contributed by atoms with Crippen LogP contribution in [0, 0.1) is 0 Å². The van der Waals surface area contributed by atoms with Gasteiger partial charge in [-0.2, -0.15) is 0 Å². The third-order valence-electron chi connectivity index (χ3n) is 6.22. The van der Waals surface area contributed by atoms with Crippen molar-refractivity contribution in [3.8, 4) is 17.1 Å². The number of carbonyl (C=O) groups is 1. The van der Waals surface area contributed by atoms with E-state index in [0.717, 1.165) is 52.2 Å². The van der Waals surface area contributed by atoms with E-state index in [-0.39, 0.29) is 11.9 Å². The summed E-state index contributed by atoms with van der Waals surface area (Å²) in [5.74, 6) is 2.39. The maximum absolute atomic E-state index is 12.3. The fourth-order valence-electron chi connectivity index (χ4n) is 4.60. The number of methoxy groups -OCH3 is 1. The Balaban J connectivity index is 1.56. The zero-order chi connectivity index (χ0) is 22.4. The Morgan fingerprint density at radius 3 is 2.78 bits per heavy atom. The van der Waals surface area contributed by atoms with Crippen LogP contribution in [-0.4, -0.2) is 69.5 Å². The molecule has 0 saturated carbocycles. The predicted molar refractivity (Wildman–Crippen MR) is 124 cm³/mol. The number of nitrogen functional groups attached to an aromatic ring is 1. The first kappa shape index (κ1) is 20.2. The maximum atomic E-state index is 12.3. The van der Waals surface area contributed by atoms with E-state index in [0.29, 0.717) is 18.9 Å². The molecule has 32 heavy (non-hydrogen) atoms. The molecule has 0 bridgehead atoms. The van der Waals surface area contributed by atoms with Gasteiger partial charge in [-0.05, 0) is 25.0 Å². The van der Waals surface area contributed by atoms with Gasteiger partial charge in [0.15, 0.2) is 0 Å². The largest absolute Gasteiger partial charge is 0.495 e. The van der Waals surface area contributed by atoms with Gasteiger partial charge in [0.25, 0.3) is 0 Å². The lowest BCUT2D eigenvalue weighted by Gasteiger charge is -2.33. The molecule has 1 aliphatic heterocycles. The summed E-state index contributed by atoms with van der Waals surface area (Å²) >= 11 is 0. The average molecular weight is 434 g/mol. The van der Waals surface area contributed by atoms with E-state index in [1.54, 1.807) is 32.3 Å². The summed E-state index contributed by atoms with van der Waals surface area (Å²) < 4.78 is 7.55. The first-order valence-corrected chi connectivity index (χ1v) is 10.7. The number of nitrogens with zero attached hydrogens (tertiary/aromatic N) is 5. The molecule has 0 atom stereocenters. The molecule has 4 aromatic rings. The SMILES string of the molecule is COc1cccc2cc(-c3nc(C4CCN(C(=O)N(C)C)CC4)n4ccnc(N)c34)[nH]c12. The molecule has 1 fully saturated rings. The summed E-state index contributed by atoms with van der Waals surface area (Å²) in [4.78, 5) is 28.7. The minimum atomic E-state index is 0.0533. The quantitative estimate of drug-likeness (QED) is 0.516. The highest BCUT2D eigenvalue weighted by Crippen LogP contribution is 2.36. The number of piperidine rings is 1. The van der Waals surface area contributed by atoms with Gasteiger partial charge in [0.1, 0.15) is 28.6 Å². The molecule has 3 N–H and O–H groups in total. The van der Waals surface area contributed by atoms with E-state index in [2.05, 4.69) is 20.4 Å². The Bertz CT molecular complexity index is 1300. The topological polar surface area (TPSA) is 105 Å². The van der Waals surface area contributed by atoms with Crippen molar-refractivity contribution in [1.82, 2.24) is 29.2 Å². The Labute approximate surface area is 185 Å². The summed E-state index contributed by atoms with van der Waals surface area (Å²) in [5, 5.41) is 1.04. The van der Waals surface area contributed by atoms with Crippen LogP contribution in [0.25, 0.3) is 27.8 Å². The summed E-state index contributed by atoms with van der Waals surface area (Å²) in [6, 6.07) is 8.05. The van der Waals surface area contributed by atoms with Crippen LogP contribution < -0.4 is 10.5 Å². The van der Waals surface area contributed by atoms with Crippen molar-refractivity contribution in [1.29, 1.82) is 0 Å². The molecule has 0 unspecified atom stereocenters. The second-order valence-corrected chi connectivity index (χ2v) is 8.40. The van der Waals surface area contributed by atoms with Gasteiger partial charge in [-0.1, -0.05) is 12.1 Å². The number of para-hydroxylation sites is 1. The standard InChI is InChI=1S/C23H27N7O2/c1-28(2)23(31)29-10-7-14(8-11-29)22-27-19(20-21(24)25-9-12-30(20)22)16-13-15-5-4-6-17(32-3)18(15)26-16/h4-6,9,12-14,26H,7-8,10-11H2,1-3H3,(H2,24,25). The Morgan fingerprint density at radius 2 is 2.06 bits per heavy atom. The van der Waals surface area contributed by atoms with Crippen LogP contribution in [-0.2, 0) is 0 Å². The van der Waals surface area contributed by atoms with E-state index in [4.69, 9.17) is 15.5 Å². The molecule has 1 aromatic carbocycles. The first-order chi connectivity index (χ1) is 15.5. The van der Waals surface area contributed by atoms with E-state index in [1.807, 2.05) is 29.3 Å². The number of hydrogen-bond acceptors (Lipinski definition) is 5. The van der Waals surface area contributed by atoms with Crippen LogP contribution >= 0.6 is 0 Å². The van der Waals surface area contributed by atoms with Crippen molar-refractivity contribution in [3.63, 3.8) is 0 Å². The molecule has 9 nitrogen and oxygen atoms in total. The smallest absolute Gasteiger partial charge is 0.319 e. The van der Waals surface area contributed by atoms with E-state index in [1.165, 1.54) is 0 Å². The fourth-order valence-corrected chi connectivity index (χ4v) is 4.60. The van der Waals surface area contributed by atoms with Gasteiger partial charge < -0.3 is 25.3 Å². The zero-order valence-electron chi connectivity index (χ0n) is 18.5. The minimum Gasteiger partial charge on any atom is -0.495 e. The Morgan fingerprint density at radius 1 is 1.28 bits per heavy atom. The molecule has 4 heterocycles.